The number of pyridine rings is 2. The molecule has 0 saturated heterocycles. The van der Waals surface area contributed by atoms with Gasteiger partial charge in [-0.3, -0.25) is 14.8 Å². The lowest BCUT2D eigenvalue weighted by atomic mass is 10.0. The maximum atomic E-state index is 12.0. The van der Waals surface area contributed by atoms with Gasteiger partial charge in [0.05, 0.1) is 11.3 Å². The third-order valence-corrected chi connectivity index (χ3v) is 5.10. The van der Waals surface area contributed by atoms with Crippen molar-refractivity contribution in [2.75, 3.05) is 6.54 Å². The predicted molar refractivity (Wildman–Crippen MR) is 129 cm³/mol. The van der Waals surface area contributed by atoms with Crippen LogP contribution >= 0.6 is 0 Å². The minimum absolute atomic E-state index is 0.00591. The van der Waals surface area contributed by atoms with Crippen LogP contribution in [0.5, 0.6) is 0 Å². The van der Waals surface area contributed by atoms with E-state index in [4.69, 9.17) is 19.8 Å². The van der Waals surface area contributed by atoms with Gasteiger partial charge >= 0.3 is 24.3 Å². The SMILES string of the molecule is CC(C)Cc1cncc(-c2cc(-c3cc4c([nH]3)CCNC4=O)ccn2)c1.O=C(O)C(F)(F)F.O=C(O)C(F)(F)F. The highest BCUT2D eigenvalue weighted by atomic mass is 19.4. The summed E-state index contributed by atoms with van der Waals surface area (Å²) in [6.07, 6.45) is -2.76. The van der Waals surface area contributed by atoms with E-state index < -0.39 is 24.3 Å². The Kier molecular flexibility index (Phi) is 10.4. The van der Waals surface area contributed by atoms with Gasteiger partial charge in [-0.15, -0.1) is 0 Å². The summed E-state index contributed by atoms with van der Waals surface area (Å²) in [5.41, 5.74) is 6.83. The number of rotatable bonds is 4. The number of hydrogen-bond acceptors (Lipinski definition) is 5. The lowest BCUT2D eigenvalue weighted by molar-refractivity contribution is -0.193. The molecule has 3 aromatic rings. The minimum atomic E-state index is -5.08. The first-order chi connectivity index (χ1) is 18.5. The summed E-state index contributed by atoms with van der Waals surface area (Å²) in [6, 6.07) is 8.10. The predicted octanol–water partition coefficient (Wildman–Crippen LogP) is 4.89. The summed E-state index contributed by atoms with van der Waals surface area (Å²) in [5, 5.41) is 17.1. The van der Waals surface area contributed by atoms with Crippen LogP contribution in [0.15, 0.2) is 42.9 Å². The molecule has 0 atom stereocenters. The van der Waals surface area contributed by atoms with Gasteiger partial charge < -0.3 is 20.5 Å². The van der Waals surface area contributed by atoms with Crippen LogP contribution in [0.3, 0.4) is 0 Å². The highest BCUT2D eigenvalue weighted by Crippen LogP contribution is 2.27. The van der Waals surface area contributed by atoms with E-state index in [1.165, 1.54) is 5.56 Å². The van der Waals surface area contributed by atoms with Gasteiger partial charge in [-0.1, -0.05) is 13.8 Å². The molecule has 9 nitrogen and oxygen atoms in total. The van der Waals surface area contributed by atoms with Gasteiger partial charge in [0.1, 0.15) is 0 Å². The molecule has 0 unspecified atom stereocenters. The molecule has 4 rings (SSSR count). The van der Waals surface area contributed by atoms with Crippen molar-refractivity contribution in [1.29, 1.82) is 0 Å². The molecule has 3 aromatic heterocycles. The summed E-state index contributed by atoms with van der Waals surface area (Å²) in [4.78, 5) is 42.1. The first kappa shape index (κ1) is 31.8. The van der Waals surface area contributed by atoms with Crippen LogP contribution in [-0.4, -0.2) is 61.9 Å². The van der Waals surface area contributed by atoms with Crippen molar-refractivity contribution in [3.63, 3.8) is 0 Å². The van der Waals surface area contributed by atoms with Crippen molar-refractivity contribution < 1.29 is 50.9 Å². The van der Waals surface area contributed by atoms with Crippen molar-refractivity contribution in [3.05, 3.63) is 59.7 Å². The number of fused-ring (bicyclic) bond motifs is 1. The molecule has 4 heterocycles. The number of aromatic nitrogens is 3. The standard InChI is InChI=1S/C21H22N4O.2C2HF3O2/c1-13(2)7-14-8-16(12-22-11-14)19-9-15(3-5-23-19)20-10-17-18(25-20)4-6-24-21(17)26;2*3-2(4,5)1(6)7/h3,5,8-13,25H,4,6-7H2,1-2H3,(H,24,26);2*(H,6,7). The largest absolute Gasteiger partial charge is 0.490 e. The van der Waals surface area contributed by atoms with Crippen LogP contribution in [0.2, 0.25) is 0 Å². The Labute approximate surface area is 223 Å². The molecule has 1 aliphatic heterocycles. The molecule has 0 radical (unpaired) electrons. The zero-order chi connectivity index (χ0) is 30.3. The molecule has 0 spiro atoms. The van der Waals surface area contributed by atoms with Gasteiger partial charge in [0.25, 0.3) is 5.91 Å². The number of hydrogen-bond donors (Lipinski definition) is 4. The molecule has 40 heavy (non-hydrogen) atoms. The maximum Gasteiger partial charge on any atom is 0.490 e. The van der Waals surface area contributed by atoms with E-state index in [1.54, 1.807) is 6.20 Å². The molecular formula is C25H24F6N4O5. The second kappa shape index (κ2) is 13.1. The first-order valence-corrected chi connectivity index (χ1v) is 11.5. The van der Waals surface area contributed by atoms with E-state index in [2.05, 4.69) is 40.2 Å². The number of halogens is 6. The molecule has 0 bridgehead atoms. The zero-order valence-electron chi connectivity index (χ0n) is 21.0. The Morgan fingerprint density at radius 2 is 1.57 bits per heavy atom. The summed E-state index contributed by atoms with van der Waals surface area (Å²) < 4.78 is 63.5. The van der Waals surface area contributed by atoms with Crippen LogP contribution in [0.25, 0.3) is 22.5 Å². The van der Waals surface area contributed by atoms with E-state index in [0.29, 0.717) is 12.5 Å². The van der Waals surface area contributed by atoms with Crippen LogP contribution in [-0.2, 0) is 22.4 Å². The molecule has 1 amide bonds. The molecule has 1 aliphatic rings. The second-order valence-electron chi connectivity index (χ2n) is 8.80. The average molecular weight is 574 g/mol. The fraction of sp³-hybridized carbons (Fsp3) is 0.320. The number of carbonyl (C=O) groups is 3. The van der Waals surface area contributed by atoms with E-state index in [0.717, 1.165) is 46.6 Å². The molecule has 15 heteroatoms. The van der Waals surface area contributed by atoms with Gasteiger partial charge in [0, 0.05) is 54.1 Å². The summed E-state index contributed by atoms with van der Waals surface area (Å²) in [6.45, 7) is 5.09. The molecule has 0 aromatic carbocycles. The highest BCUT2D eigenvalue weighted by molar-refractivity contribution is 5.97. The fourth-order valence-electron chi connectivity index (χ4n) is 3.42. The second-order valence-corrected chi connectivity index (χ2v) is 8.80. The number of nitrogens with one attached hydrogen (secondary N) is 2. The minimum Gasteiger partial charge on any atom is -0.475 e. The number of carbonyl (C=O) groups excluding carboxylic acids is 1. The molecule has 4 N–H and O–H groups in total. The summed E-state index contributed by atoms with van der Waals surface area (Å²) in [7, 11) is 0. The van der Waals surface area contributed by atoms with Crippen molar-refractivity contribution in [1.82, 2.24) is 20.3 Å². The van der Waals surface area contributed by atoms with Gasteiger partial charge in [-0.2, -0.15) is 26.3 Å². The normalized spacial score (nSPS) is 12.8. The lowest BCUT2D eigenvalue weighted by Gasteiger charge is -2.11. The Balaban J connectivity index is 0.000000333. The van der Waals surface area contributed by atoms with Gasteiger partial charge in [0.2, 0.25) is 0 Å². The monoisotopic (exact) mass is 574 g/mol. The van der Waals surface area contributed by atoms with Crippen LogP contribution in [0.1, 0.15) is 35.5 Å². The smallest absolute Gasteiger partial charge is 0.475 e. The van der Waals surface area contributed by atoms with Crippen LogP contribution in [0.4, 0.5) is 26.3 Å². The number of H-pyrrole nitrogens is 1. The lowest BCUT2D eigenvalue weighted by Crippen LogP contribution is -2.31. The van der Waals surface area contributed by atoms with E-state index >= 15 is 0 Å². The molecule has 0 aliphatic carbocycles. The topological polar surface area (TPSA) is 145 Å². The van der Waals surface area contributed by atoms with Gasteiger partial charge in [-0.05, 0) is 42.2 Å². The van der Waals surface area contributed by atoms with Crippen molar-refractivity contribution in [2.24, 2.45) is 5.92 Å². The highest BCUT2D eigenvalue weighted by Gasteiger charge is 2.38. The molecular weight excluding hydrogens is 550 g/mol. The number of amides is 1. The molecule has 0 fully saturated rings. The van der Waals surface area contributed by atoms with Crippen LogP contribution in [0, 0.1) is 5.92 Å². The number of carboxylic acids is 2. The maximum absolute atomic E-state index is 12.0. The first-order valence-electron chi connectivity index (χ1n) is 11.5. The number of aromatic amines is 1. The Bertz CT molecular complexity index is 1330. The van der Waals surface area contributed by atoms with Crippen molar-refractivity contribution in [3.8, 4) is 22.5 Å². The zero-order valence-corrected chi connectivity index (χ0v) is 21.0. The quantitative estimate of drug-likeness (QED) is 0.325. The summed E-state index contributed by atoms with van der Waals surface area (Å²) >= 11 is 0. The molecule has 0 saturated carbocycles. The molecule has 216 valence electrons. The van der Waals surface area contributed by atoms with E-state index in [-0.39, 0.29) is 5.91 Å². The Morgan fingerprint density at radius 1 is 0.975 bits per heavy atom. The van der Waals surface area contributed by atoms with Crippen molar-refractivity contribution in [2.45, 2.75) is 39.0 Å². The number of nitrogens with zero attached hydrogens (tertiary/aromatic N) is 2. The number of carboxylic acid groups (broad SMARTS) is 2. The Hall–Kier alpha value is -4.43. The van der Waals surface area contributed by atoms with Gasteiger partial charge in [0.15, 0.2) is 0 Å². The number of aliphatic carboxylic acids is 2. The van der Waals surface area contributed by atoms with E-state index in [9.17, 15) is 31.1 Å². The van der Waals surface area contributed by atoms with Crippen LogP contribution < -0.4 is 5.32 Å². The summed E-state index contributed by atoms with van der Waals surface area (Å²) in [5.74, 6) is -4.93. The fourth-order valence-corrected chi connectivity index (χ4v) is 3.42. The van der Waals surface area contributed by atoms with Gasteiger partial charge in [-0.25, -0.2) is 9.59 Å². The third-order valence-electron chi connectivity index (χ3n) is 5.10. The number of alkyl halides is 6. The third kappa shape index (κ3) is 9.39. The van der Waals surface area contributed by atoms with Crippen molar-refractivity contribution >= 4 is 17.8 Å². The van der Waals surface area contributed by atoms with E-state index in [1.807, 2.05) is 30.6 Å². The Morgan fingerprint density at radius 3 is 2.10 bits per heavy atom. The average Bonchev–Trinajstić information content (AvgIpc) is 3.29.